The van der Waals surface area contributed by atoms with E-state index in [1.165, 1.54) is 32.1 Å². The van der Waals surface area contributed by atoms with Gasteiger partial charge in [-0.2, -0.15) is 0 Å². The Morgan fingerprint density at radius 1 is 1.25 bits per heavy atom. The maximum atomic E-state index is 12.2. The Morgan fingerprint density at radius 2 is 2.00 bits per heavy atom. The molecule has 0 radical (unpaired) electrons. The van der Waals surface area contributed by atoms with Crippen LogP contribution in [0.4, 0.5) is 10.5 Å². The van der Waals surface area contributed by atoms with Crippen LogP contribution in [0.2, 0.25) is 0 Å². The van der Waals surface area contributed by atoms with E-state index in [4.69, 9.17) is 5.73 Å². The van der Waals surface area contributed by atoms with Crippen molar-refractivity contribution in [1.82, 2.24) is 10.2 Å². The Kier molecular flexibility index (Phi) is 7.06. The molecule has 1 aromatic rings. The number of amides is 3. The quantitative estimate of drug-likeness (QED) is 0.671. The third kappa shape index (κ3) is 5.85. The Balaban J connectivity index is 1.71. The number of nitrogens with one attached hydrogen (secondary N) is 2. The van der Waals surface area contributed by atoms with Crippen molar-refractivity contribution in [2.45, 2.75) is 44.6 Å². The number of benzene rings is 1. The van der Waals surface area contributed by atoms with Crippen LogP contribution in [0, 0.1) is 0 Å². The van der Waals surface area contributed by atoms with Crippen LogP contribution < -0.4 is 16.4 Å². The lowest BCUT2D eigenvalue weighted by Crippen LogP contribution is -2.35. The number of hydrogen-bond donors (Lipinski definition) is 3. The van der Waals surface area contributed by atoms with E-state index in [2.05, 4.69) is 22.6 Å². The number of carbonyl (C=O) groups excluding carboxylic acids is 2. The van der Waals surface area contributed by atoms with E-state index < -0.39 is 6.03 Å². The van der Waals surface area contributed by atoms with E-state index in [0.29, 0.717) is 23.8 Å². The SMILES string of the molecule is CN(CCCNC(=O)c1cccc(NC(N)=O)c1)C1CCCCC1. The van der Waals surface area contributed by atoms with Crippen LogP contribution in [-0.2, 0) is 0 Å². The summed E-state index contributed by atoms with van der Waals surface area (Å²) in [5.41, 5.74) is 6.12. The van der Waals surface area contributed by atoms with E-state index >= 15 is 0 Å². The van der Waals surface area contributed by atoms with Gasteiger partial charge in [0.25, 0.3) is 5.91 Å². The molecule has 6 heteroatoms. The molecule has 1 fully saturated rings. The van der Waals surface area contributed by atoms with Crippen molar-refractivity contribution in [1.29, 1.82) is 0 Å². The zero-order valence-electron chi connectivity index (χ0n) is 14.4. The number of carbonyl (C=O) groups is 2. The Labute approximate surface area is 143 Å². The summed E-state index contributed by atoms with van der Waals surface area (Å²) in [5, 5.41) is 5.40. The van der Waals surface area contributed by atoms with Crippen LogP contribution in [0.5, 0.6) is 0 Å². The van der Waals surface area contributed by atoms with Crippen molar-refractivity contribution in [3.8, 4) is 0 Å². The van der Waals surface area contributed by atoms with Gasteiger partial charge in [0.1, 0.15) is 0 Å². The summed E-state index contributed by atoms with van der Waals surface area (Å²) in [4.78, 5) is 25.4. The van der Waals surface area contributed by atoms with Crippen molar-refractivity contribution in [3.63, 3.8) is 0 Å². The number of nitrogens with zero attached hydrogens (tertiary/aromatic N) is 1. The molecule has 3 amide bonds. The molecule has 2 rings (SSSR count). The minimum absolute atomic E-state index is 0.136. The third-order valence-corrected chi connectivity index (χ3v) is 4.56. The van der Waals surface area contributed by atoms with Crippen LogP contribution in [0.15, 0.2) is 24.3 Å². The fraction of sp³-hybridized carbons (Fsp3) is 0.556. The van der Waals surface area contributed by atoms with Crippen molar-refractivity contribution in [3.05, 3.63) is 29.8 Å². The topological polar surface area (TPSA) is 87.5 Å². The molecule has 0 aliphatic heterocycles. The van der Waals surface area contributed by atoms with Crippen LogP contribution in [0.1, 0.15) is 48.9 Å². The second-order valence-electron chi connectivity index (χ2n) is 6.45. The molecule has 1 saturated carbocycles. The average molecular weight is 332 g/mol. The van der Waals surface area contributed by atoms with Gasteiger partial charge in [0, 0.05) is 23.8 Å². The lowest BCUT2D eigenvalue weighted by molar-refractivity contribution is 0.0950. The highest BCUT2D eigenvalue weighted by molar-refractivity contribution is 5.96. The van der Waals surface area contributed by atoms with Gasteiger partial charge in [0.2, 0.25) is 0 Å². The third-order valence-electron chi connectivity index (χ3n) is 4.56. The summed E-state index contributed by atoms with van der Waals surface area (Å²) in [6, 6.07) is 6.81. The summed E-state index contributed by atoms with van der Waals surface area (Å²) in [7, 11) is 2.18. The van der Waals surface area contributed by atoms with Gasteiger partial charge in [0.05, 0.1) is 0 Å². The summed E-state index contributed by atoms with van der Waals surface area (Å²) < 4.78 is 0. The molecule has 6 nitrogen and oxygen atoms in total. The zero-order valence-corrected chi connectivity index (χ0v) is 14.4. The summed E-state index contributed by atoms with van der Waals surface area (Å²) in [6.45, 7) is 1.64. The van der Waals surface area contributed by atoms with Gasteiger partial charge >= 0.3 is 6.03 Å². The highest BCUT2D eigenvalue weighted by atomic mass is 16.2. The molecule has 1 aliphatic rings. The number of nitrogens with two attached hydrogens (primary N) is 1. The Morgan fingerprint density at radius 3 is 2.71 bits per heavy atom. The Hall–Kier alpha value is -2.08. The molecule has 0 spiro atoms. The number of hydrogen-bond acceptors (Lipinski definition) is 3. The second-order valence-corrected chi connectivity index (χ2v) is 6.45. The number of anilines is 1. The van der Waals surface area contributed by atoms with Gasteiger partial charge in [0.15, 0.2) is 0 Å². The number of rotatable bonds is 7. The monoisotopic (exact) mass is 332 g/mol. The summed E-state index contributed by atoms with van der Waals surface area (Å²) in [5.74, 6) is -0.136. The first-order valence-electron chi connectivity index (χ1n) is 8.71. The first-order valence-corrected chi connectivity index (χ1v) is 8.71. The number of urea groups is 1. The molecule has 0 atom stereocenters. The average Bonchev–Trinajstić information content (AvgIpc) is 2.58. The first-order chi connectivity index (χ1) is 11.6. The zero-order chi connectivity index (χ0) is 17.4. The van der Waals surface area contributed by atoms with E-state index in [1.807, 2.05) is 0 Å². The number of primary amides is 1. The van der Waals surface area contributed by atoms with Crippen molar-refractivity contribution in [2.75, 3.05) is 25.5 Å². The van der Waals surface area contributed by atoms with E-state index in [1.54, 1.807) is 24.3 Å². The first kappa shape index (κ1) is 18.3. The smallest absolute Gasteiger partial charge is 0.316 e. The molecule has 1 aliphatic carbocycles. The minimum Gasteiger partial charge on any atom is -0.352 e. The summed E-state index contributed by atoms with van der Waals surface area (Å²) >= 11 is 0. The van der Waals surface area contributed by atoms with Crippen LogP contribution in [0.3, 0.4) is 0 Å². The molecule has 1 aromatic carbocycles. The summed E-state index contributed by atoms with van der Waals surface area (Å²) in [6.07, 6.45) is 7.55. The van der Waals surface area contributed by atoms with E-state index in [9.17, 15) is 9.59 Å². The Bertz CT molecular complexity index is 556. The molecule has 0 bridgehead atoms. The lowest BCUT2D eigenvalue weighted by Gasteiger charge is -2.31. The van der Waals surface area contributed by atoms with Gasteiger partial charge in [-0.3, -0.25) is 4.79 Å². The molecule has 24 heavy (non-hydrogen) atoms. The van der Waals surface area contributed by atoms with Gasteiger partial charge in [-0.15, -0.1) is 0 Å². The standard InChI is InChI=1S/C18H28N4O2/c1-22(16-9-3-2-4-10-16)12-6-11-20-17(23)14-7-5-8-15(13-14)21-18(19)24/h5,7-8,13,16H,2-4,6,9-12H2,1H3,(H,20,23)(H3,19,21,24). The molecular weight excluding hydrogens is 304 g/mol. The predicted octanol–water partition coefficient (Wildman–Crippen LogP) is 2.56. The van der Waals surface area contributed by atoms with Gasteiger partial charge < -0.3 is 21.3 Å². The molecule has 0 heterocycles. The lowest BCUT2D eigenvalue weighted by atomic mass is 9.94. The second kappa shape index (κ2) is 9.27. The highest BCUT2D eigenvalue weighted by Crippen LogP contribution is 2.21. The van der Waals surface area contributed by atoms with E-state index in [0.717, 1.165) is 13.0 Å². The fourth-order valence-electron chi connectivity index (χ4n) is 3.22. The van der Waals surface area contributed by atoms with Gasteiger partial charge in [-0.25, -0.2) is 4.79 Å². The van der Waals surface area contributed by atoms with Crippen LogP contribution in [-0.4, -0.2) is 43.0 Å². The molecule has 0 saturated heterocycles. The maximum Gasteiger partial charge on any atom is 0.316 e. The molecule has 0 unspecified atom stereocenters. The molecular formula is C18H28N4O2. The van der Waals surface area contributed by atoms with Crippen molar-refractivity contribution in [2.24, 2.45) is 5.73 Å². The maximum absolute atomic E-state index is 12.2. The largest absolute Gasteiger partial charge is 0.352 e. The van der Waals surface area contributed by atoms with Gasteiger partial charge in [-0.05, 0) is 51.1 Å². The van der Waals surface area contributed by atoms with Crippen LogP contribution in [0.25, 0.3) is 0 Å². The van der Waals surface area contributed by atoms with Crippen LogP contribution >= 0.6 is 0 Å². The molecule has 4 N–H and O–H groups in total. The minimum atomic E-state index is -0.640. The van der Waals surface area contributed by atoms with Crippen molar-refractivity contribution >= 4 is 17.6 Å². The highest BCUT2D eigenvalue weighted by Gasteiger charge is 2.17. The normalized spacial score (nSPS) is 15.2. The molecule has 132 valence electrons. The van der Waals surface area contributed by atoms with Gasteiger partial charge in [-0.1, -0.05) is 25.3 Å². The van der Waals surface area contributed by atoms with E-state index in [-0.39, 0.29) is 5.91 Å². The predicted molar refractivity (Wildman–Crippen MR) is 96.1 cm³/mol. The molecule has 0 aromatic heterocycles. The fourth-order valence-corrected chi connectivity index (χ4v) is 3.22. The van der Waals surface area contributed by atoms with Crippen molar-refractivity contribution < 1.29 is 9.59 Å².